The van der Waals surface area contributed by atoms with Gasteiger partial charge in [0.15, 0.2) is 5.54 Å². The molecular weight excluding hydrogens is 451 g/mol. The first-order valence-electron chi connectivity index (χ1n) is 11.8. The third-order valence-corrected chi connectivity index (χ3v) is 6.72. The summed E-state index contributed by atoms with van der Waals surface area (Å²) in [5, 5.41) is 11.4. The number of fused-ring (bicyclic) bond motifs is 2. The van der Waals surface area contributed by atoms with Crippen LogP contribution in [-0.2, 0) is 24.7 Å². The molecule has 35 heavy (non-hydrogen) atoms. The molecule has 0 saturated carbocycles. The van der Waals surface area contributed by atoms with Crippen molar-refractivity contribution < 1.29 is 28.6 Å². The van der Waals surface area contributed by atoms with E-state index in [1.807, 2.05) is 6.92 Å². The minimum Gasteiger partial charge on any atom is -0.507 e. The molecule has 0 radical (unpaired) electrons. The molecule has 184 valence electrons. The number of aliphatic hydroxyl groups excluding tert-OH is 1. The monoisotopic (exact) mass is 480 g/mol. The number of hydrogen-bond acceptors (Lipinski definition) is 5. The van der Waals surface area contributed by atoms with Crippen LogP contribution < -0.4 is 4.90 Å². The lowest BCUT2D eigenvalue weighted by Crippen LogP contribution is -2.52. The number of aryl methyl sites for hydroxylation is 1. The minimum atomic E-state index is -1.84. The molecule has 1 fully saturated rings. The molecular formula is C27H29FN2O5. The van der Waals surface area contributed by atoms with Gasteiger partial charge in [-0.3, -0.25) is 14.4 Å². The van der Waals surface area contributed by atoms with Gasteiger partial charge < -0.3 is 19.6 Å². The van der Waals surface area contributed by atoms with Crippen LogP contribution in [0.25, 0.3) is 5.76 Å². The van der Waals surface area contributed by atoms with E-state index >= 15 is 0 Å². The summed E-state index contributed by atoms with van der Waals surface area (Å²) in [7, 11) is 1.53. The lowest BCUT2D eigenvalue weighted by molar-refractivity contribution is -0.143. The van der Waals surface area contributed by atoms with E-state index in [2.05, 4.69) is 0 Å². The number of carbonyl (C=O) groups is 3. The van der Waals surface area contributed by atoms with Gasteiger partial charge in [0, 0.05) is 37.9 Å². The molecule has 4 rings (SSSR count). The average Bonchev–Trinajstić information content (AvgIpc) is 3.22. The van der Waals surface area contributed by atoms with Crippen molar-refractivity contribution in [1.29, 1.82) is 0 Å². The SMILES string of the molecule is CCCCN1C(=O)[C@@]2(C(=C(O)c3ccc(C)c(F)c3)C(=O)C(=O)N2CCCOC)c2ccccc21. The van der Waals surface area contributed by atoms with Gasteiger partial charge in [-0.1, -0.05) is 43.7 Å². The van der Waals surface area contributed by atoms with Crippen LogP contribution in [0.15, 0.2) is 48.0 Å². The quantitative estimate of drug-likeness (QED) is 0.268. The molecule has 1 spiro atoms. The van der Waals surface area contributed by atoms with Gasteiger partial charge in [0.2, 0.25) is 0 Å². The third kappa shape index (κ3) is 3.72. The van der Waals surface area contributed by atoms with E-state index in [9.17, 15) is 23.9 Å². The van der Waals surface area contributed by atoms with Gasteiger partial charge in [0.1, 0.15) is 11.6 Å². The van der Waals surface area contributed by atoms with E-state index in [1.165, 1.54) is 24.1 Å². The van der Waals surface area contributed by atoms with Gasteiger partial charge in [-0.15, -0.1) is 0 Å². The Morgan fingerprint density at radius 1 is 1.09 bits per heavy atom. The number of unbranched alkanes of at least 4 members (excludes halogenated alkanes) is 1. The molecule has 1 atom stereocenters. The van der Waals surface area contributed by atoms with Crippen molar-refractivity contribution in [3.05, 3.63) is 70.5 Å². The number of methoxy groups -OCH3 is 1. The second kappa shape index (κ2) is 9.62. The van der Waals surface area contributed by atoms with Crippen LogP contribution in [0.5, 0.6) is 0 Å². The maximum atomic E-state index is 14.4. The highest BCUT2D eigenvalue weighted by atomic mass is 19.1. The number of aliphatic hydroxyl groups is 1. The van der Waals surface area contributed by atoms with Crippen LogP contribution in [0.1, 0.15) is 42.9 Å². The Balaban J connectivity index is 2.01. The summed E-state index contributed by atoms with van der Waals surface area (Å²) in [5.41, 5.74) is -0.737. The maximum Gasteiger partial charge on any atom is 0.296 e. The molecule has 1 saturated heterocycles. The second-order valence-corrected chi connectivity index (χ2v) is 8.86. The molecule has 1 N–H and O–H groups in total. The number of likely N-dealkylation sites (tertiary alicyclic amines) is 1. The number of benzene rings is 2. The van der Waals surface area contributed by atoms with Crippen LogP contribution in [0.2, 0.25) is 0 Å². The van der Waals surface area contributed by atoms with Gasteiger partial charge >= 0.3 is 0 Å². The number of para-hydroxylation sites is 1. The number of nitrogens with zero attached hydrogens (tertiary/aromatic N) is 2. The molecule has 0 unspecified atom stereocenters. The van der Waals surface area contributed by atoms with Crippen molar-refractivity contribution in [3.63, 3.8) is 0 Å². The summed E-state index contributed by atoms with van der Waals surface area (Å²) in [5.74, 6) is -3.47. The number of ether oxygens (including phenoxy) is 1. The fourth-order valence-electron chi connectivity index (χ4n) is 4.96. The summed E-state index contributed by atoms with van der Waals surface area (Å²) in [6, 6.07) is 11.1. The van der Waals surface area contributed by atoms with E-state index in [4.69, 9.17) is 4.74 Å². The standard InChI is InChI=1S/C27H29FN2O5/c1-4-5-13-29-21-10-7-6-9-19(21)27(26(29)34)22(23(31)18-12-11-17(2)20(28)16-18)24(32)25(33)30(27)14-8-15-35-3/h6-7,9-12,16,31H,4-5,8,13-15H2,1-3H3/t27-/m0/s1. The smallest absolute Gasteiger partial charge is 0.296 e. The van der Waals surface area contributed by atoms with Crippen molar-refractivity contribution in [2.45, 2.75) is 38.6 Å². The molecule has 0 bridgehead atoms. The Labute approximate surface area is 203 Å². The van der Waals surface area contributed by atoms with Crippen molar-refractivity contribution in [2.24, 2.45) is 0 Å². The maximum absolute atomic E-state index is 14.4. The van der Waals surface area contributed by atoms with Gasteiger partial charge in [0.25, 0.3) is 17.6 Å². The number of ketones is 1. The molecule has 2 aromatic rings. The van der Waals surface area contributed by atoms with E-state index < -0.39 is 34.7 Å². The highest BCUT2D eigenvalue weighted by molar-refractivity contribution is 6.50. The normalized spacial score (nSPS) is 20.9. The molecule has 2 aliphatic rings. The zero-order chi connectivity index (χ0) is 25.3. The number of Topliss-reactive ketones (excluding diaryl/α,β-unsaturated/α-hetero) is 1. The van der Waals surface area contributed by atoms with Crippen LogP contribution in [0.4, 0.5) is 10.1 Å². The lowest BCUT2D eigenvalue weighted by Gasteiger charge is -2.34. The fourth-order valence-corrected chi connectivity index (χ4v) is 4.96. The number of carbonyl (C=O) groups excluding carboxylic acids is 3. The summed E-state index contributed by atoms with van der Waals surface area (Å²) in [4.78, 5) is 43.8. The Kier molecular flexibility index (Phi) is 6.76. The first-order chi connectivity index (χ1) is 16.8. The zero-order valence-electron chi connectivity index (χ0n) is 20.1. The molecule has 8 heteroatoms. The fraction of sp³-hybridized carbons (Fsp3) is 0.370. The van der Waals surface area contributed by atoms with Crippen LogP contribution in [0.3, 0.4) is 0 Å². The number of amides is 2. The molecule has 0 aromatic heterocycles. The van der Waals surface area contributed by atoms with Crippen LogP contribution >= 0.6 is 0 Å². The first-order valence-corrected chi connectivity index (χ1v) is 11.8. The second-order valence-electron chi connectivity index (χ2n) is 8.86. The Bertz CT molecular complexity index is 1220. The van der Waals surface area contributed by atoms with Crippen LogP contribution in [-0.4, -0.2) is 54.4 Å². The number of anilines is 1. The van der Waals surface area contributed by atoms with E-state index in [0.29, 0.717) is 36.4 Å². The molecule has 2 heterocycles. The molecule has 2 aliphatic heterocycles. The summed E-state index contributed by atoms with van der Waals surface area (Å²) >= 11 is 0. The van der Waals surface area contributed by atoms with Gasteiger partial charge in [0.05, 0.1) is 11.3 Å². The minimum absolute atomic E-state index is 0.0275. The molecule has 2 aromatic carbocycles. The number of rotatable bonds is 8. The van der Waals surface area contributed by atoms with E-state index in [0.717, 1.165) is 18.9 Å². The Morgan fingerprint density at radius 2 is 1.83 bits per heavy atom. The first kappa shape index (κ1) is 24.6. The summed E-state index contributed by atoms with van der Waals surface area (Å²) in [6.45, 7) is 4.37. The van der Waals surface area contributed by atoms with E-state index in [-0.39, 0.29) is 17.7 Å². The van der Waals surface area contributed by atoms with Crippen molar-refractivity contribution >= 4 is 29.0 Å². The van der Waals surface area contributed by atoms with E-state index in [1.54, 1.807) is 36.1 Å². The van der Waals surface area contributed by atoms with Gasteiger partial charge in [-0.2, -0.15) is 0 Å². The van der Waals surface area contributed by atoms with Crippen molar-refractivity contribution in [1.82, 2.24) is 4.90 Å². The lowest BCUT2D eigenvalue weighted by atomic mass is 9.81. The highest BCUT2D eigenvalue weighted by Crippen LogP contribution is 2.53. The topological polar surface area (TPSA) is 87.2 Å². The van der Waals surface area contributed by atoms with Crippen LogP contribution in [0, 0.1) is 12.7 Å². The predicted molar refractivity (Wildman–Crippen MR) is 129 cm³/mol. The molecule has 2 amide bonds. The largest absolute Gasteiger partial charge is 0.507 e. The predicted octanol–water partition coefficient (Wildman–Crippen LogP) is 3.89. The number of halogens is 1. The molecule has 0 aliphatic carbocycles. The Morgan fingerprint density at radius 3 is 2.51 bits per heavy atom. The van der Waals surface area contributed by atoms with Gasteiger partial charge in [-0.25, -0.2) is 4.39 Å². The number of hydrogen-bond donors (Lipinski definition) is 1. The third-order valence-electron chi connectivity index (χ3n) is 6.72. The average molecular weight is 481 g/mol. The Hall–Kier alpha value is -3.52. The molecule has 7 nitrogen and oxygen atoms in total. The zero-order valence-corrected chi connectivity index (χ0v) is 20.1. The van der Waals surface area contributed by atoms with Crippen molar-refractivity contribution in [3.8, 4) is 0 Å². The summed E-state index contributed by atoms with van der Waals surface area (Å²) in [6.07, 6.45) is 1.94. The highest BCUT2D eigenvalue weighted by Gasteiger charge is 2.66. The summed E-state index contributed by atoms with van der Waals surface area (Å²) < 4.78 is 19.5. The van der Waals surface area contributed by atoms with Gasteiger partial charge in [-0.05, 0) is 37.5 Å². The van der Waals surface area contributed by atoms with Crippen molar-refractivity contribution in [2.75, 3.05) is 31.7 Å².